The highest BCUT2D eigenvalue weighted by Crippen LogP contribution is 2.46. The molecule has 1 aromatic rings. The van der Waals surface area contributed by atoms with Crippen molar-refractivity contribution in [3.63, 3.8) is 0 Å². The first kappa shape index (κ1) is 14.0. The second-order valence-corrected chi connectivity index (χ2v) is 6.61. The van der Waals surface area contributed by atoms with E-state index in [1.54, 1.807) is 12.1 Å². The number of nitrogens with one attached hydrogen (secondary N) is 1. The van der Waals surface area contributed by atoms with Gasteiger partial charge in [0.2, 0.25) is 10.0 Å². The molecule has 19 heavy (non-hydrogen) atoms. The fourth-order valence-electron chi connectivity index (χ4n) is 2.03. The molecule has 102 valence electrons. The van der Waals surface area contributed by atoms with Gasteiger partial charge in [-0.05, 0) is 37.0 Å². The molecule has 1 fully saturated rings. The lowest BCUT2D eigenvalue weighted by Gasteiger charge is -2.17. The fraction of sp³-hybridized carbons (Fsp3) is 0.462. The highest BCUT2D eigenvalue weighted by atomic mass is 32.2. The monoisotopic (exact) mass is 282 g/mol. The lowest BCUT2D eigenvalue weighted by atomic mass is 10.1. The number of nitrogens with zero attached hydrogens (tertiary/aromatic N) is 1. The molecule has 1 aliphatic carbocycles. The largest absolute Gasteiger partial charge is 0.212 e. The Kier molecular flexibility index (Phi) is 3.88. The minimum atomic E-state index is -3.40. The Morgan fingerprint density at radius 1 is 1.32 bits per heavy atom. The number of hydrogen-bond donors (Lipinski definition) is 1. The van der Waals surface area contributed by atoms with Crippen LogP contribution in [0.5, 0.6) is 0 Å². The van der Waals surface area contributed by atoms with Crippen LogP contribution in [0.25, 0.3) is 0 Å². The van der Waals surface area contributed by atoms with E-state index in [9.17, 15) is 12.8 Å². The zero-order valence-electron chi connectivity index (χ0n) is 10.4. The number of rotatable bonds is 6. The average molecular weight is 282 g/mol. The van der Waals surface area contributed by atoms with Crippen molar-refractivity contribution >= 4 is 10.0 Å². The lowest BCUT2D eigenvalue weighted by molar-refractivity contribution is 0.549. The van der Waals surface area contributed by atoms with Crippen molar-refractivity contribution in [1.82, 2.24) is 4.72 Å². The number of sulfonamides is 1. The van der Waals surface area contributed by atoms with Crippen molar-refractivity contribution in [3.8, 4) is 6.07 Å². The molecule has 0 aliphatic heterocycles. The molecule has 0 saturated heterocycles. The Labute approximate surface area is 112 Å². The lowest BCUT2D eigenvalue weighted by Crippen LogP contribution is -2.36. The van der Waals surface area contributed by atoms with Crippen molar-refractivity contribution in [2.45, 2.75) is 31.2 Å². The second-order valence-electron chi connectivity index (χ2n) is 4.77. The van der Waals surface area contributed by atoms with Crippen LogP contribution in [-0.2, 0) is 15.6 Å². The quantitative estimate of drug-likeness (QED) is 0.812. The predicted octanol–water partition coefficient (Wildman–Crippen LogP) is 2.04. The standard InChI is InChI=1S/C13H15FN2O2S/c14-12-5-3-11(4-6-12)13(7-8-13)16-19(17,18)10-2-1-9-15/h3-6,16H,1-2,7-8,10H2. The summed E-state index contributed by atoms with van der Waals surface area (Å²) < 4.78 is 39.4. The number of benzene rings is 1. The Bertz CT molecular complexity index is 586. The van der Waals surface area contributed by atoms with Gasteiger partial charge in [0.05, 0.1) is 17.4 Å². The normalized spacial score (nSPS) is 16.8. The van der Waals surface area contributed by atoms with E-state index in [1.165, 1.54) is 12.1 Å². The molecule has 1 N–H and O–H groups in total. The summed E-state index contributed by atoms with van der Waals surface area (Å²) in [5, 5.41) is 8.41. The Hall–Kier alpha value is -1.45. The number of nitriles is 1. The summed E-state index contributed by atoms with van der Waals surface area (Å²) in [7, 11) is -3.40. The van der Waals surface area contributed by atoms with Gasteiger partial charge < -0.3 is 0 Å². The van der Waals surface area contributed by atoms with E-state index in [0.717, 1.165) is 18.4 Å². The van der Waals surface area contributed by atoms with Crippen molar-refractivity contribution in [3.05, 3.63) is 35.6 Å². The molecule has 1 saturated carbocycles. The van der Waals surface area contributed by atoms with E-state index in [2.05, 4.69) is 4.72 Å². The van der Waals surface area contributed by atoms with Crippen LogP contribution in [0.4, 0.5) is 4.39 Å². The van der Waals surface area contributed by atoms with Crippen molar-refractivity contribution < 1.29 is 12.8 Å². The van der Waals surface area contributed by atoms with E-state index >= 15 is 0 Å². The van der Waals surface area contributed by atoms with Crippen LogP contribution in [0.2, 0.25) is 0 Å². The maximum absolute atomic E-state index is 12.9. The maximum atomic E-state index is 12.9. The molecule has 0 atom stereocenters. The topological polar surface area (TPSA) is 70.0 Å². The van der Waals surface area contributed by atoms with Gasteiger partial charge in [-0.2, -0.15) is 5.26 Å². The molecule has 0 heterocycles. The summed E-state index contributed by atoms with van der Waals surface area (Å²) in [4.78, 5) is 0. The third kappa shape index (κ3) is 3.52. The van der Waals surface area contributed by atoms with Gasteiger partial charge in [-0.3, -0.25) is 0 Å². The van der Waals surface area contributed by atoms with E-state index in [0.29, 0.717) is 6.42 Å². The Balaban J connectivity index is 2.06. The number of unbranched alkanes of at least 4 members (excludes halogenated alkanes) is 1. The SMILES string of the molecule is N#CCCCS(=O)(=O)NC1(c2ccc(F)cc2)CC1. The van der Waals surface area contributed by atoms with Gasteiger partial charge >= 0.3 is 0 Å². The summed E-state index contributed by atoms with van der Waals surface area (Å²) >= 11 is 0. The van der Waals surface area contributed by atoms with Crippen molar-refractivity contribution in [2.24, 2.45) is 0 Å². The maximum Gasteiger partial charge on any atom is 0.212 e. The molecular formula is C13H15FN2O2S. The third-order valence-corrected chi connectivity index (χ3v) is 4.73. The van der Waals surface area contributed by atoms with Crippen LogP contribution in [0, 0.1) is 17.1 Å². The second kappa shape index (κ2) is 5.27. The first-order valence-corrected chi connectivity index (χ1v) is 7.77. The molecule has 4 nitrogen and oxygen atoms in total. The number of halogens is 1. The first-order valence-electron chi connectivity index (χ1n) is 6.12. The van der Waals surface area contributed by atoms with Crippen LogP contribution in [0.3, 0.4) is 0 Å². The van der Waals surface area contributed by atoms with Crippen LogP contribution in [0.15, 0.2) is 24.3 Å². The van der Waals surface area contributed by atoms with Crippen LogP contribution in [0.1, 0.15) is 31.2 Å². The molecular weight excluding hydrogens is 267 g/mol. The number of hydrogen-bond acceptors (Lipinski definition) is 3. The Morgan fingerprint density at radius 2 is 1.95 bits per heavy atom. The minimum Gasteiger partial charge on any atom is -0.212 e. The van der Waals surface area contributed by atoms with E-state index < -0.39 is 15.6 Å². The molecule has 0 radical (unpaired) electrons. The van der Waals surface area contributed by atoms with Gasteiger partial charge in [-0.25, -0.2) is 17.5 Å². The molecule has 0 amide bonds. The molecule has 1 aromatic carbocycles. The Morgan fingerprint density at radius 3 is 2.47 bits per heavy atom. The van der Waals surface area contributed by atoms with E-state index in [1.807, 2.05) is 6.07 Å². The van der Waals surface area contributed by atoms with Crippen LogP contribution < -0.4 is 4.72 Å². The van der Waals surface area contributed by atoms with Crippen LogP contribution in [-0.4, -0.2) is 14.2 Å². The molecule has 0 bridgehead atoms. The molecule has 6 heteroatoms. The van der Waals surface area contributed by atoms with Crippen LogP contribution >= 0.6 is 0 Å². The van der Waals surface area contributed by atoms with Crippen molar-refractivity contribution in [2.75, 3.05) is 5.75 Å². The highest BCUT2D eigenvalue weighted by Gasteiger charge is 2.47. The summed E-state index contributed by atoms with van der Waals surface area (Å²) in [5.74, 6) is -0.389. The summed E-state index contributed by atoms with van der Waals surface area (Å²) in [5.41, 5.74) is 0.219. The summed E-state index contributed by atoms with van der Waals surface area (Å²) in [6.07, 6.45) is 1.99. The minimum absolute atomic E-state index is 0.0521. The molecule has 0 spiro atoms. The van der Waals surface area contributed by atoms with E-state index in [4.69, 9.17) is 5.26 Å². The van der Waals surface area contributed by atoms with Crippen molar-refractivity contribution in [1.29, 1.82) is 5.26 Å². The van der Waals surface area contributed by atoms with Gasteiger partial charge in [0.15, 0.2) is 0 Å². The van der Waals surface area contributed by atoms with Gasteiger partial charge in [0.25, 0.3) is 0 Å². The highest BCUT2D eigenvalue weighted by molar-refractivity contribution is 7.89. The summed E-state index contributed by atoms with van der Waals surface area (Å²) in [6, 6.07) is 7.81. The first-order chi connectivity index (χ1) is 8.97. The fourth-order valence-corrected chi connectivity index (χ4v) is 3.58. The zero-order valence-corrected chi connectivity index (χ0v) is 11.2. The van der Waals surface area contributed by atoms with Gasteiger partial charge in [-0.1, -0.05) is 12.1 Å². The van der Waals surface area contributed by atoms with Gasteiger partial charge in [0.1, 0.15) is 5.82 Å². The van der Waals surface area contributed by atoms with Gasteiger partial charge in [-0.15, -0.1) is 0 Å². The smallest absolute Gasteiger partial charge is 0.212 e. The van der Waals surface area contributed by atoms with Gasteiger partial charge in [0, 0.05) is 6.42 Å². The zero-order chi connectivity index (χ0) is 13.9. The predicted molar refractivity (Wildman–Crippen MR) is 69.1 cm³/mol. The van der Waals surface area contributed by atoms with E-state index in [-0.39, 0.29) is 18.0 Å². The third-order valence-electron chi connectivity index (χ3n) is 3.20. The average Bonchev–Trinajstić information content (AvgIpc) is 3.10. The molecule has 0 aromatic heterocycles. The molecule has 1 aliphatic rings. The molecule has 2 rings (SSSR count). The molecule has 0 unspecified atom stereocenters. The summed E-state index contributed by atoms with van der Waals surface area (Å²) in [6.45, 7) is 0.